The zero-order chi connectivity index (χ0) is 14.3. The van der Waals surface area contributed by atoms with Gasteiger partial charge in [0, 0.05) is 50.7 Å². The van der Waals surface area contributed by atoms with Crippen LogP contribution in [0.1, 0.15) is 13.8 Å². The molecule has 2 amide bonds. The fourth-order valence-corrected chi connectivity index (χ4v) is 1.13. The van der Waals surface area contributed by atoms with E-state index in [1.807, 2.05) is 0 Å². The summed E-state index contributed by atoms with van der Waals surface area (Å²) in [6, 6.07) is 0. The number of hydrogen-bond donors (Lipinski definition) is 2. The van der Waals surface area contributed by atoms with E-state index in [1.54, 1.807) is 27.9 Å². The monoisotopic (exact) mass is 254 g/mol. The smallest absolute Gasteiger partial charge is 0.248 e. The second kappa shape index (κ2) is 7.37. The van der Waals surface area contributed by atoms with Gasteiger partial charge in [0.1, 0.15) is 0 Å². The van der Waals surface area contributed by atoms with Crippen molar-refractivity contribution in [2.45, 2.75) is 13.8 Å². The lowest BCUT2D eigenvalue weighted by Gasteiger charge is -2.20. The predicted octanol–water partition coefficient (Wildman–Crippen LogP) is -0.372. The largest absolute Gasteiger partial charge is 0.402 e. The number of nitrogens with zero attached hydrogens (tertiary/aromatic N) is 2. The van der Waals surface area contributed by atoms with Gasteiger partial charge in [0.2, 0.25) is 11.8 Å². The van der Waals surface area contributed by atoms with E-state index in [9.17, 15) is 9.59 Å². The molecule has 0 atom stereocenters. The fourth-order valence-electron chi connectivity index (χ4n) is 1.13. The Morgan fingerprint density at radius 3 is 1.39 bits per heavy atom. The Balaban J connectivity index is 4.25. The molecule has 0 aromatic heterocycles. The highest BCUT2D eigenvalue weighted by atomic mass is 16.2. The summed E-state index contributed by atoms with van der Waals surface area (Å²) in [6.45, 7) is 4.16. The van der Waals surface area contributed by atoms with Crippen molar-refractivity contribution in [3.05, 3.63) is 23.5 Å². The molecule has 0 saturated heterocycles. The lowest BCUT2D eigenvalue weighted by atomic mass is 10.3. The Morgan fingerprint density at radius 1 is 0.889 bits per heavy atom. The molecule has 0 spiro atoms. The first kappa shape index (κ1) is 16.0. The minimum Gasteiger partial charge on any atom is -0.402 e. The van der Waals surface area contributed by atoms with Crippen molar-refractivity contribution in [3.8, 4) is 0 Å². The minimum absolute atomic E-state index is 0.179. The summed E-state index contributed by atoms with van der Waals surface area (Å²) in [7, 11) is 3.31. The molecule has 0 saturated carbocycles. The molecule has 0 rings (SSSR count). The first-order chi connectivity index (χ1) is 8.23. The molecule has 4 N–H and O–H groups in total. The molecule has 6 nitrogen and oxygen atoms in total. The van der Waals surface area contributed by atoms with Crippen molar-refractivity contribution < 1.29 is 9.59 Å². The molecule has 0 aliphatic rings. The summed E-state index contributed by atoms with van der Waals surface area (Å²) < 4.78 is 0. The summed E-state index contributed by atoms with van der Waals surface area (Å²) in [4.78, 5) is 26.1. The van der Waals surface area contributed by atoms with Crippen LogP contribution in [0.2, 0.25) is 0 Å². The van der Waals surface area contributed by atoms with E-state index < -0.39 is 0 Å². The van der Waals surface area contributed by atoms with Gasteiger partial charge in [0.05, 0.1) is 0 Å². The van der Waals surface area contributed by atoms with Crippen LogP contribution < -0.4 is 11.5 Å². The van der Waals surface area contributed by atoms with Gasteiger partial charge in [-0.25, -0.2) is 0 Å². The van der Waals surface area contributed by atoms with Crippen LogP contribution in [-0.4, -0.2) is 48.8 Å². The van der Waals surface area contributed by atoms with E-state index in [0.29, 0.717) is 24.5 Å². The van der Waals surface area contributed by atoms with Crippen molar-refractivity contribution in [3.63, 3.8) is 0 Å². The molecule has 0 radical (unpaired) electrons. The van der Waals surface area contributed by atoms with Gasteiger partial charge >= 0.3 is 0 Å². The maximum Gasteiger partial charge on any atom is 0.248 e. The van der Waals surface area contributed by atoms with Gasteiger partial charge in [-0.15, -0.1) is 0 Å². The van der Waals surface area contributed by atoms with Crippen LogP contribution in [-0.2, 0) is 9.59 Å². The van der Waals surface area contributed by atoms with E-state index in [4.69, 9.17) is 11.5 Å². The Labute approximate surface area is 108 Å². The predicted molar refractivity (Wildman–Crippen MR) is 71.2 cm³/mol. The molecule has 0 bridgehead atoms. The van der Waals surface area contributed by atoms with Crippen LogP contribution in [0.3, 0.4) is 0 Å². The zero-order valence-corrected chi connectivity index (χ0v) is 11.4. The number of amides is 2. The average molecular weight is 254 g/mol. The van der Waals surface area contributed by atoms with E-state index in [1.165, 1.54) is 22.0 Å². The second-order valence-corrected chi connectivity index (χ2v) is 4.30. The van der Waals surface area contributed by atoms with E-state index >= 15 is 0 Å². The molecule has 102 valence electrons. The molecule has 0 heterocycles. The molecular formula is C12H22N4O2. The minimum atomic E-state index is -0.179. The molecule has 0 unspecified atom stereocenters. The van der Waals surface area contributed by atoms with Crippen LogP contribution in [0.4, 0.5) is 0 Å². The number of carbonyl (C=O) groups excluding carboxylic acids is 2. The highest BCUT2D eigenvalue weighted by molar-refractivity contribution is 5.88. The number of likely N-dealkylation sites (N-methyl/N-ethyl adjacent to an activating group) is 2. The van der Waals surface area contributed by atoms with Gasteiger partial charge in [0.15, 0.2) is 0 Å². The standard InChI is InChI=1S/C12H22N4O2/c1-9(13)7-11(17)15(3)5-6-16(4)12(18)8-10(2)14/h7-8H,5-6,13-14H2,1-4H3/b9-7-,10-8-. The summed E-state index contributed by atoms with van der Waals surface area (Å²) in [5, 5.41) is 0. The van der Waals surface area contributed by atoms with Crippen molar-refractivity contribution in [1.82, 2.24) is 9.80 Å². The summed E-state index contributed by atoms with van der Waals surface area (Å²) in [6.07, 6.45) is 2.71. The van der Waals surface area contributed by atoms with Crippen molar-refractivity contribution >= 4 is 11.8 Å². The van der Waals surface area contributed by atoms with E-state index in [2.05, 4.69) is 0 Å². The molecule has 6 heteroatoms. The van der Waals surface area contributed by atoms with Gasteiger partial charge in [-0.1, -0.05) is 0 Å². The van der Waals surface area contributed by atoms with Gasteiger partial charge in [-0.3, -0.25) is 9.59 Å². The molecule has 0 aliphatic carbocycles. The van der Waals surface area contributed by atoms with Gasteiger partial charge in [0.25, 0.3) is 0 Å². The molecule has 0 fully saturated rings. The Hall–Kier alpha value is -1.98. The number of carbonyl (C=O) groups is 2. The molecular weight excluding hydrogens is 232 g/mol. The van der Waals surface area contributed by atoms with Crippen molar-refractivity contribution in [1.29, 1.82) is 0 Å². The average Bonchev–Trinajstić information content (AvgIpc) is 2.23. The lowest BCUT2D eigenvalue weighted by molar-refractivity contribution is -0.128. The topological polar surface area (TPSA) is 92.7 Å². The summed E-state index contributed by atoms with van der Waals surface area (Å²) >= 11 is 0. The van der Waals surface area contributed by atoms with E-state index in [0.717, 1.165) is 0 Å². The van der Waals surface area contributed by atoms with Crippen LogP contribution in [0.15, 0.2) is 23.5 Å². The third-order valence-electron chi connectivity index (χ3n) is 2.23. The Bertz CT molecular complexity index is 330. The molecule has 0 aromatic carbocycles. The highest BCUT2D eigenvalue weighted by Crippen LogP contribution is 1.94. The van der Waals surface area contributed by atoms with Crippen molar-refractivity contribution in [2.75, 3.05) is 27.2 Å². The summed E-state index contributed by atoms with van der Waals surface area (Å²) in [5.41, 5.74) is 11.7. The maximum atomic E-state index is 11.5. The quantitative estimate of drug-likeness (QED) is 0.655. The first-order valence-corrected chi connectivity index (χ1v) is 5.61. The number of hydrogen-bond acceptors (Lipinski definition) is 4. The Kier molecular flexibility index (Phi) is 6.56. The number of allylic oxidation sites excluding steroid dienone is 2. The van der Waals surface area contributed by atoms with Crippen LogP contribution in [0.5, 0.6) is 0 Å². The molecule has 18 heavy (non-hydrogen) atoms. The third-order valence-corrected chi connectivity index (χ3v) is 2.23. The van der Waals surface area contributed by atoms with E-state index in [-0.39, 0.29) is 11.8 Å². The molecule has 0 aliphatic heterocycles. The first-order valence-electron chi connectivity index (χ1n) is 5.61. The van der Waals surface area contributed by atoms with Gasteiger partial charge in [-0.05, 0) is 13.8 Å². The SMILES string of the molecule is C/C(N)=C/C(=O)N(C)CCN(C)C(=O)/C=C(/C)N. The Morgan fingerprint density at radius 2 is 1.17 bits per heavy atom. The van der Waals surface area contributed by atoms with Crippen LogP contribution >= 0.6 is 0 Å². The maximum absolute atomic E-state index is 11.5. The molecule has 0 aromatic rings. The highest BCUT2D eigenvalue weighted by Gasteiger charge is 2.09. The fraction of sp³-hybridized carbons (Fsp3) is 0.500. The van der Waals surface area contributed by atoms with Crippen LogP contribution in [0.25, 0.3) is 0 Å². The third kappa shape index (κ3) is 6.57. The lowest BCUT2D eigenvalue weighted by Crippen LogP contribution is -2.36. The normalized spacial score (nSPS) is 12.2. The van der Waals surface area contributed by atoms with Gasteiger partial charge < -0.3 is 21.3 Å². The van der Waals surface area contributed by atoms with Crippen molar-refractivity contribution in [2.24, 2.45) is 11.5 Å². The zero-order valence-electron chi connectivity index (χ0n) is 11.4. The second-order valence-electron chi connectivity index (χ2n) is 4.30. The van der Waals surface area contributed by atoms with Crippen LogP contribution in [0, 0.1) is 0 Å². The van der Waals surface area contributed by atoms with Gasteiger partial charge in [-0.2, -0.15) is 0 Å². The number of rotatable bonds is 5. The summed E-state index contributed by atoms with van der Waals surface area (Å²) in [5.74, 6) is -0.359. The number of nitrogens with two attached hydrogens (primary N) is 2.